The fraction of sp³-hybridized carbons (Fsp3) is 0.421. The van der Waals surface area contributed by atoms with E-state index in [4.69, 9.17) is 0 Å². The molecule has 1 aromatic heterocycles. The van der Waals surface area contributed by atoms with Gasteiger partial charge in [-0.3, -0.25) is 14.4 Å². The van der Waals surface area contributed by atoms with E-state index in [0.29, 0.717) is 30.4 Å². The van der Waals surface area contributed by atoms with Gasteiger partial charge in [-0.15, -0.1) is 0 Å². The number of aromatic amines is 1. The Morgan fingerprint density at radius 1 is 1.19 bits per heavy atom. The Hall–Kier alpha value is -2.70. The van der Waals surface area contributed by atoms with E-state index in [0.717, 1.165) is 19.4 Å². The number of fused-ring (bicyclic) bond motifs is 1. The van der Waals surface area contributed by atoms with Crippen LogP contribution in [0.2, 0.25) is 0 Å². The fourth-order valence-corrected chi connectivity index (χ4v) is 4.27. The van der Waals surface area contributed by atoms with Crippen molar-refractivity contribution >= 4 is 22.7 Å². The van der Waals surface area contributed by atoms with Crippen LogP contribution in [0, 0.1) is 11.2 Å². The summed E-state index contributed by atoms with van der Waals surface area (Å²) in [5.74, 6) is -0.717. The summed E-state index contributed by atoms with van der Waals surface area (Å²) in [5.41, 5.74) is -0.332. The molecular weight excluding hydrogens is 337 g/mol. The number of H-pyrrole nitrogens is 1. The molecule has 2 fully saturated rings. The molecule has 0 bridgehead atoms. The van der Waals surface area contributed by atoms with E-state index in [-0.39, 0.29) is 17.4 Å². The molecule has 2 amide bonds. The molecule has 1 spiro atoms. The lowest BCUT2D eigenvalue weighted by atomic mass is 9.78. The lowest BCUT2D eigenvalue weighted by Gasteiger charge is -2.37. The number of halogens is 1. The van der Waals surface area contributed by atoms with Gasteiger partial charge in [0.1, 0.15) is 5.82 Å². The van der Waals surface area contributed by atoms with Crippen LogP contribution in [-0.2, 0) is 4.79 Å². The summed E-state index contributed by atoms with van der Waals surface area (Å²) >= 11 is 0. The van der Waals surface area contributed by atoms with Crippen LogP contribution in [0.5, 0.6) is 0 Å². The summed E-state index contributed by atoms with van der Waals surface area (Å²) in [6.45, 7) is 1.55. The van der Waals surface area contributed by atoms with Gasteiger partial charge in [0.15, 0.2) is 0 Å². The van der Waals surface area contributed by atoms with Crippen LogP contribution in [0.4, 0.5) is 4.39 Å². The van der Waals surface area contributed by atoms with E-state index in [1.54, 1.807) is 16.8 Å². The lowest BCUT2D eigenvalue weighted by molar-refractivity contribution is -0.143. The fourth-order valence-electron chi connectivity index (χ4n) is 4.27. The number of aromatic nitrogens is 1. The van der Waals surface area contributed by atoms with Crippen LogP contribution in [0.1, 0.15) is 29.6 Å². The van der Waals surface area contributed by atoms with Gasteiger partial charge >= 0.3 is 0 Å². The zero-order chi connectivity index (χ0) is 18.5. The molecule has 0 aliphatic carbocycles. The van der Waals surface area contributed by atoms with Crippen LogP contribution in [0.3, 0.4) is 0 Å². The second kappa shape index (κ2) is 5.93. The van der Waals surface area contributed by atoms with Crippen molar-refractivity contribution in [2.75, 3.05) is 26.7 Å². The first-order chi connectivity index (χ1) is 12.4. The number of rotatable bonds is 1. The van der Waals surface area contributed by atoms with Crippen molar-refractivity contribution < 1.29 is 14.0 Å². The Morgan fingerprint density at radius 2 is 2.00 bits per heavy atom. The maximum Gasteiger partial charge on any atom is 0.254 e. The molecule has 2 aliphatic rings. The quantitative estimate of drug-likeness (QED) is 0.845. The predicted octanol–water partition coefficient (Wildman–Crippen LogP) is 1.75. The van der Waals surface area contributed by atoms with Crippen molar-refractivity contribution in [2.24, 2.45) is 5.41 Å². The number of pyridine rings is 1. The van der Waals surface area contributed by atoms with E-state index < -0.39 is 16.8 Å². The van der Waals surface area contributed by atoms with Crippen molar-refractivity contribution in [1.29, 1.82) is 0 Å². The first-order valence-corrected chi connectivity index (χ1v) is 8.77. The third kappa shape index (κ3) is 2.58. The highest BCUT2D eigenvalue weighted by molar-refractivity contribution is 6.06. The minimum atomic E-state index is -0.523. The maximum atomic E-state index is 13.7. The molecule has 1 aromatic carbocycles. The monoisotopic (exact) mass is 357 g/mol. The molecule has 1 atom stereocenters. The minimum Gasteiger partial charge on any atom is -0.345 e. The first-order valence-electron chi connectivity index (χ1n) is 8.77. The highest BCUT2D eigenvalue weighted by Crippen LogP contribution is 2.40. The van der Waals surface area contributed by atoms with Crippen LogP contribution >= 0.6 is 0 Å². The number of hydrogen-bond acceptors (Lipinski definition) is 3. The molecule has 136 valence electrons. The molecule has 4 rings (SSSR count). The van der Waals surface area contributed by atoms with Gasteiger partial charge in [0, 0.05) is 43.7 Å². The molecule has 2 aromatic rings. The topological polar surface area (TPSA) is 73.5 Å². The number of hydrogen-bond donors (Lipinski definition) is 1. The molecular formula is C19H20FN3O3. The molecule has 0 radical (unpaired) electrons. The van der Waals surface area contributed by atoms with E-state index in [1.165, 1.54) is 24.3 Å². The summed E-state index contributed by atoms with van der Waals surface area (Å²) < 4.78 is 13.7. The molecule has 26 heavy (non-hydrogen) atoms. The molecule has 7 heteroatoms. The van der Waals surface area contributed by atoms with E-state index >= 15 is 0 Å². The summed E-state index contributed by atoms with van der Waals surface area (Å²) in [6.07, 6.45) is 2.31. The van der Waals surface area contributed by atoms with Gasteiger partial charge in [-0.1, -0.05) is 0 Å². The molecule has 0 unspecified atom stereocenters. The largest absolute Gasteiger partial charge is 0.345 e. The van der Waals surface area contributed by atoms with E-state index in [9.17, 15) is 18.8 Å². The molecule has 0 saturated carbocycles. The summed E-state index contributed by atoms with van der Waals surface area (Å²) in [5, 5.41) is 0.377. The van der Waals surface area contributed by atoms with Gasteiger partial charge in [0.25, 0.3) is 5.91 Å². The Bertz CT molecular complexity index is 970. The number of amides is 2. The van der Waals surface area contributed by atoms with E-state index in [2.05, 4.69) is 4.98 Å². The van der Waals surface area contributed by atoms with Crippen molar-refractivity contribution in [3.05, 3.63) is 46.0 Å². The number of nitrogens with one attached hydrogen (secondary N) is 1. The normalized spacial score (nSPS) is 23.2. The second-order valence-corrected chi connectivity index (χ2v) is 7.32. The highest BCUT2D eigenvalue weighted by Gasteiger charge is 2.48. The summed E-state index contributed by atoms with van der Waals surface area (Å²) in [4.78, 5) is 43.6. The van der Waals surface area contributed by atoms with E-state index in [1.807, 2.05) is 0 Å². The molecule has 3 heterocycles. The summed E-state index contributed by atoms with van der Waals surface area (Å²) in [6, 6.07) is 5.16. The maximum absolute atomic E-state index is 13.7. The number of piperidine rings is 1. The third-order valence-corrected chi connectivity index (χ3v) is 5.63. The van der Waals surface area contributed by atoms with Crippen molar-refractivity contribution in [1.82, 2.24) is 14.8 Å². The molecule has 2 saturated heterocycles. The second-order valence-electron chi connectivity index (χ2n) is 7.32. The van der Waals surface area contributed by atoms with Gasteiger partial charge in [0.05, 0.1) is 11.0 Å². The SMILES string of the molecule is CN1CCC[C@]2(CCN(C(=O)c3cc(=O)[nH]c4ccc(F)cc34)C2)C1=O. The Labute approximate surface area is 149 Å². The van der Waals surface area contributed by atoms with Gasteiger partial charge in [-0.25, -0.2) is 4.39 Å². The average molecular weight is 357 g/mol. The van der Waals surface area contributed by atoms with Crippen molar-refractivity contribution in [3.63, 3.8) is 0 Å². The Morgan fingerprint density at radius 3 is 2.81 bits per heavy atom. The van der Waals surface area contributed by atoms with Gasteiger partial charge < -0.3 is 14.8 Å². The zero-order valence-electron chi connectivity index (χ0n) is 14.5. The number of carbonyl (C=O) groups excluding carboxylic acids is 2. The van der Waals surface area contributed by atoms with Crippen LogP contribution in [0.15, 0.2) is 29.1 Å². The highest BCUT2D eigenvalue weighted by atomic mass is 19.1. The number of nitrogens with zero attached hydrogens (tertiary/aromatic N) is 2. The molecule has 2 aliphatic heterocycles. The van der Waals surface area contributed by atoms with Crippen LogP contribution in [0.25, 0.3) is 10.9 Å². The number of carbonyl (C=O) groups is 2. The minimum absolute atomic E-state index is 0.0841. The smallest absolute Gasteiger partial charge is 0.254 e. The van der Waals surface area contributed by atoms with Crippen LogP contribution < -0.4 is 5.56 Å². The van der Waals surface area contributed by atoms with Crippen molar-refractivity contribution in [2.45, 2.75) is 19.3 Å². The Kier molecular flexibility index (Phi) is 3.82. The number of likely N-dealkylation sites (tertiary alicyclic amines) is 2. The van der Waals surface area contributed by atoms with Gasteiger partial charge in [0.2, 0.25) is 11.5 Å². The molecule has 6 nitrogen and oxygen atoms in total. The third-order valence-electron chi connectivity index (χ3n) is 5.63. The van der Waals surface area contributed by atoms with Crippen molar-refractivity contribution in [3.8, 4) is 0 Å². The summed E-state index contributed by atoms with van der Waals surface area (Å²) in [7, 11) is 1.79. The first kappa shape index (κ1) is 16.8. The van der Waals surface area contributed by atoms with Crippen LogP contribution in [-0.4, -0.2) is 53.3 Å². The standard InChI is InChI=1S/C19H20FN3O3/c1-22-7-2-5-19(18(22)26)6-8-23(11-19)17(25)14-10-16(24)21-15-4-3-12(20)9-13(14)15/h3-4,9-10H,2,5-8,11H2,1H3,(H,21,24)/t19-/m1/s1. The predicted molar refractivity (Wildman–Crippen MR) is 94.4 cm³/mol. The van der Waals surface area contributed by atoms with Gasteiger partial charge in [-0.05, 0) is 37.5 Å². The Balaban J connectivity index is 1.69. The lowest BCUT2D eigenvalue weighted by Crippen LogP contribution is -2.48. The average Bonchev–Trinajstić information content (AvgIpc) is 3.04. The van der Waals surface area contributed by atoms with Gasteiger partial charge in [-0.2, -0.15) is 0 Å². The zero-order valence-corrected chi connectivity index (χ0v) is 14.5. The molecule has 1 N–H and O–H groups in total. The number of benzene rings is 1.